The Kier molecular flexibility index (Phi) is 5.26. The maximum atomic E-state index is 12.7. The van der Waals surface area contributed by atoms with E-state index in [1.807, 2.05) is 63.2 Å². The molecule has 136 valence electrons. The van der Waals surface area contributed by atoms with Crippen molar-refractivity contribution in [3.8, 4) is 5.75 Å². The molecule has 2 aromatic carbocycles. The van der Waals surface area contributed by atoms with Gasteiger partial charge in [-0.2, -0.15) is 0 Å². The Labute approximate surface area is 154 Å². The van der Waals surface area contributed by atoms with Gasteiger partial charge in [0.1, 0.15) is 5.75 Å². The van der Waals surface area contributed by atoms with Crippen LogP contribution in [0.5, 0.6) is 5.75 Å². The second kappa shape index (κ2) is 7.60. The van der Waals surface area contributed by atoms with E-state index >= 15 is 0 Å². The number of rotatable bonds is 5. The fourth-order valence-electron chi connectivity index (χ4n) is 3.23. The molecule has 1 saturated heterocycles. The molecule has 0 aromatic heterocycles. The van der Waals surface area contributed by atoms with Gasteiger partial charge in [-0.15, -0.1) is 0 Å². The van der Waals surface area contributed by atoms with Gasteiger partial charge in [0.15, 0.2) is 0 Å². The standard InChI is InChI=1S/C21H24N2O3/c1-4-26-19-11-6-5-9-17(19)22-21(25)16-12-20(24)23(13-16)18-10-7-8-14(2)15(18)3/h5-11,16H,4,12-13H2,1-3H3,(H,22,25)/t16-/m1/s1. The van der Waals surface area contributed by atoms with Gasteiger partial charge in [-0.25, -0.2) is 0 Å². The van der Waals surface area contributed by atoms with Crippen molar-refractivity contribution in [2.45, 2.75) is 27.2 Å². The number of hydrogen-bond donors (Lipinski definition) is 1. The lowest BCUT2D eigenvalue weighted by Gasteiger charge is -2.20. The monoisotopic (exact) mass is 352 g/mol. The van der Waals surface area contributed by atoms with E-state index in [-0.39, 0.29) is 24.2 Å². The SMILES string of the molecule is CCOc1ccccc1NC(=O)[C@@H]1CC(=O)N(c2cccc(C)c2C)C1. The van der Waals surface area contributed by atoms with Crippen LogP contribution >= 0.6 is 0 Å². The minimum atomic E-state index is -0.378. The average molecular weight is 352 g/mol. The fraction of sp³-hybridized carbons (Fsp3) is 0.333. The van der Waals surface area contributed by atoms with Crippen molar-refractivity contribution in [3.63, 3.8) is 0 Å². The maximum Gasteiger partial charge on any atom is 0.229 e. The highest BCUT2D eigenvalue weighted by atomic mass is 16.5. The molecule has 1 N–H and O–H groups in total. The number of amides is 2. The van der Waals surface area contributed by atoms with Crippen LogP contribution in [0.25, 0.3) is 0 Å². The van der Waals surface area contributed by atoms with E-state index in [9.17, 15) is 9.59 Å². The van der Waals surface area contributed by atoms with Crippen molar-refractivity contribution in [1.29, 1.82) is 0 Å². The number of nitrogens with zero attached hydrogens (tertiary/aromatic N) is 1. The minimum absolute atomic E-state index is 0.0167. The number of benzene rings is 2. The van der Waals surface area contributed by atoms with Gasteiger partial charge in [0.25, 0.3) is 0 Å². The van der Waals surface area contributed by atoms with Crippen LogP contribution in [0.1, 0.15) is 24.5 Å². The van der Waals surface area contributed by atoms with Gasteiger partial charge in [-0.1, -0.05) is 24.3 Å². The van der Waals surface area contributed by atoms with Crippen LogP contribution in [-0.4, -0.2) is 25.0 Å². The molecule has 5 heteroatoms. The van der Waals surface area contributed by atoms with E-state index in [2.05, 4.69) is 5.32 Å². The molecule has 0 saturated carbocycles. The highest BCUT2D eigenvalue weighted by Gasteiger charge is 2.36. The quantitative estimate of drug-likeness (QED) is 0.893. The zero-order valence-corrected chi connectivity index (χ0v) is 15.4. The Morgan fingerprint density at radius 2 is 1.96 bits per heavy atom. The third kappa shape index (κ3) is 3.57. The summed E-state index contributed by atoms with van der Waals surface area (Å²) in [6.45, 7) is 6.84. The summed E-state index contributed by atoms with van der Waals surface area (Å²) in [6.07, 6.45) is 0.218. The third-order valence-electron chi connectivity index (χ3n) is 4.81. The number of carbonyl (C=O) groups excluding carboxylic acids is 2. The Morgan fingerprint density at radius 1 is 1.19 bits per heavy atom. The van der Waals surface area contributed by atoms with E-state index in [1.54, 1.807) is 4.90 Å². The molecule has 1 aliphatic rings. The van der Waals surface area contributed by atoms with E-state index < -0.39 is 0 Å². The molecule has 5 nitrogen and oxygen atoms in total. The largest absolute Gasteiger partial charge is 0.492 e. The smallest absolute Gasteiger partial charge is 0.229 e. The zero-order valence-electron chi connectivity index (χ0n) is 15.4. The number of ether oxygens (including phenoxy) is 1. The van der Waals surface area contributed by atoms with Gasteiger partial charge in [0.2, 0.25) is 11.8 Å². The predicted octanol–water partition coefficient (Wildman–Crippen LogP) is 3.69. The number of aryl methyl sites for hydroxylation is 1. The van der Waals surface area contributed by atoms with Crippen molar-refractivity contribution >= 4 is 23.2 Å². The van der Waals surface area contributed by atoms with Crippen LogP contribution in [-0.2, 0) is 9.59 Å². The van der Waals surface area contributed by atoms with E-state index in [4.69, 9.17) is 4.74 Å². The summed E-state index contributed by atoms with van der Waals surface area (Å²) < 4.78 is 5.55. The molecule has 0 bridgehead atoms. The van der Waals surface area contributed by atoms with Crippen LogP contribution in [0.3, 0.4) is 0 Å². The second-order valence-electron chi connectivity index (χ2n) is 6.54. The Balaban J connectivity index is 1.74. The summed E-state index contributed by atoms with van der Waals surface area (Å²) in [4.78, 5) is 26.9. The summed E-state index contributed by atoms with van der Waals surface area (Å²) in [7, 11) is 0. The number of hydrogen-bond acceptors (Lipinski definition) is 3. The molecule has 26 heavy (non-hydrogen) atoms. The molecule has 0 spiro atoms. The third-order valence-corrected chi connectivity index (χ3v) is 4.81. The Morgan fingerprint density at radius 3 is 2.73 bits per heavy atom. The predicted molar refractivity (Wildman–Crippen MR) is 103 cm³/mol. The molecule has 1 heterocycles. The van der Waals surface area contributed by atoms with E-state index in [0.29, 0.717) is 24.6 Å². The van der Waals surface area contributed by atoms with Crippen molar-refractivity contribution in [1.82, 2.24) is 0 Å². The van der Waals surface area contributed by atoms with E-state index in [1.165, 1.54) is 0 Å². The number of nitrogens with one attached hydrogen (secondary N) is 1. The Hall–Kier alpha value is -2.82. The lowest BCUT2D eigenvalue weighted by Crippen LogP contribution is -2.28. The molecule has 2 aromatic rings. The van der Waals surface area contributed by atoms with Crippen molar-refractivity contribution < 1.29 is 14.3 Å². The normalized spacial score (nSPS) is 16.7. The number of carbonyl (C=O) groups is 2. The highest BCUT2D eigenvalue weighted by Crippen LogP contribution is 2.31. The first-order valence-electron chi connectivity index (χ1n) is 8.90. The molecule has 2 amide bonds. The lowest BCUT2D eigenvalue weighted by atomic mass is 10.1. The van der Waals surface area contributed by atoms with Crippen LogP contribution in [0, 0.1) is 19.8 Å². The average Bonchev–Trinajstić information content (AvgIpc) is 3.01. The summed E-state index contributed by atoms with van der Waals surface area (Å²) in [5, 5.41) is 2.91. The first-order chi connectivity index (χ1) is 12.5. The van der Waals surface area contributed by atoms with Gasteiger partial charge in [0, 0.05) is 18.7 Å². The van der Waals surface area contributed by atoms with E-state index in [0.717, 1.165) is 16.8 Å². The molecule has 0 aliphatic carbocycles. The highest BCUT2D eigenvalue weighted by molar-refractivity contribution is 6.04. The number of para-hydroxylation sites is 2. The van der Waals surface area contributed by atoms with Gasteiger partial charge in [-0.05, 0) is 50.1 Å². The topological polar surface area (TPSA) is 58.6 Å². The molecule has 1 fully saturated rings. The second-order valence-corrected chi connectivity index (χ2v) is 6.54. The van der Waals surface area contributed by atoms with Crippen LogP contribution < -0.4 is 15.0 Å². The summed E-state index contributed by atoms with van der Waals surface area (Å²) in [5.41, 5.74) is 3.73. The first-order valence-corrected chi connectivity index (χ1v) is 8.90. The Bertz CT molecular complexity index is 832. The van der Waals surface area contributed by atoms with Gasteiger partial charge in [-0.3, -0.25) is 9.59 Å². The van der Waals surface area contributed by atoms with Crippen LogP contribution in [0.2, 0.25) is 0 Å². The molecule has 1 aliphatic heterocycles. The van der Waals surface area contributed by atoms with Crippen molar-refractivity contribution in [2.24, 2.45) is 5.92 Å². The van der Waals surface area contributed by atoms with Crippen LogP contribution in [0.4, 0.5) is 11.4 Å². The lowest BCUT2D eigenvalue weighted by molar-refractivity contribution is -0.122. The van der Waals surface area contributed by atoms with Crippen LogP contribution in [0.15, 0.2) is 42.5 Å². The summed E-state index contributed by atoms with van der Waals surface area (Å²) in [5.74, 6) is 0.0893. The first kappa shape index (κ1) is 18.0. The molecular weight excluding hydrogens is 328 g/mol. The van der Waals surface area contributed by atoms with Gasteiger partial charge in [0.05, 0.1) is 18.2 Å². The summed E-state index contributed by atoms with van der Waals surface area (Å²) >= 11 is 0. The number of anilines is 2. The minimum Gasteiger partial charge on any atom is -0.492 e. The summed E-state index contributed by atoms with van der Waals surface area (Å²) in [6, 6.07) is 13.2. The zero-order chi connectivity index (χ0) is 18.7. The molecule has 1 atom stereocenters. The van der Waals surface area contributed by atoms with Gasteiger partial charge >= 0.3 is 0 Å². The maximum absolute atomic E-state index is 12.7. The van der Waals surface area contributed by atoms with Crippen molar-refractivity contribution in [3.05, 3.63) is 53.6 Å². The van der Waals surface area contributed by atoms with Gasteiger partial charge < -0.3 is 15.0 Å². The molecule has 3 rings (SSSR count). The van der Waals surface area contributed by atoms with Crippen molar-refractivity contribution in [2.75, 3.05) is 23.4 Å². The molecular formula is C21H24N2O3. The fourth-order valence-corrected chi connectivity index (χ4v) is 3.23. The molecule has 0 unspecified atom stereocenters. The molecule has 0 radical (unpaired) electrons.